The van der Waals surface area contributed by atoms with Gasteiger partial charge < -0.3 is 15.4 Å². The molecule has 18 heavy (non-hydrogen) atoms. The zero-order valence-electron chi connectivity index (χ0n) is 9.82. The maximum absolute atomic E-state index is 11.4. The number of benzene rings is 1. The molecule has 0 aliphatic carbocycles. The number of rotatable bonds is 7. The fourth-order valence-corrected chi connectivity index (χ4v) is 1.26. The highest BCUT2D eigenvalue weighted by molar-refractivity contribution is 6.27. The normalized spacial score (nSPS) is 9.61. The van der Waals surface area contributed by atoms with E-state index in [1.165, 1.54) is 0 Å². The van der Waals surface area contributed by atoms with Crippen molar-refractivity contribution in [3.63, 3.8) is 0 Å². The number of carbonyl (C=O) groups is 2. The predicted octanol–water partition coefficient (Wildman–Crippen LogP) is 0.537. The lowest BCUT2D eigenvalue weighted by molar-refractivity contribution is -0.123. The minimum atomic E-state index is -0.258. The maximum atomic E-state index is 11.4. The van der Waals surface area contributed by atoms with Crippen molar-refractivity contribution in [3.8, 4) is 5.75 Å². The van der Waals surface area contributed by atoms with Crippen molar-refractivity contribution in [2.75, 3.05) is 25.6 Å². The van der Waals surface area contributed by atoms with Crippen LogP contribution in [-0.4, -0.2) is 37.4 Å². The molecule has 6 heteroatoms. The number of halogens is 1. The zero-order valence-corrected chi connectivity index (χ0v) is 10.6. The third-order valence-corrected chi connectivity index (χ3v) is 2.25. The first kappa shape index (κ1) is 14.3. The number of carbonyl (C=O) groups excluding carboxylic acids is 2. The summed E-state index contributed by atoms with van der Waals surface area (Å²) in [6, 6.07) is 9.07. The Kier molecular flexibility index (Phi) is 6.64. The van der Waals surface area contributed by atoms with Gasteiger partial charge in [0.2, 0.25) is 5.91 Å². The lowest BCUT2D eigenvalue weighted by Crippen LogP contribution is -2.37. The summed E-state index contributed by atoms with van der Waals surface area (Å²) in [5, 5.41) is 5.15. The number of nitrogens with one attached hydrogen (secondary N) is 2. The predicted molar refractivity (Wildman–Crippen MR) is 68.7 cm³/mol. The van der Waals surface area contributed by atoms with E-state index in [1.54, 1.807) is 12.1 Å². The largest absolute Gasteiger partial charge is 0.484 e. The Morgan fingerprint density at radius 3 is 2.28 bits per heavy atom. The van der Waals surface area contributed by atoms with Crippen LogP contribution in [0.15, 0.2) is 30.3 Å². The molecule has 0 aliphatic rings. The van der Waals surface area contributed by atoms with Crippen molar-refractivity contribution in [2.45, 2.75) is 0 Å². The number of para-hydroxylation sites is 1. The van der Waals surface area contributed by atoms with Gasteiger partial charge in [-0.25, -0.2) is 0 Å². The van der Waals surface area contributed by atoms with Crippen molar-refractivity contribution < 1.29 is 14.3 Å². The lowest BCUT2D eigenvalue weighted by atomic mass is 10.3. The van der Waals surface area contributed by atoms with Crippen LogP contribution in [-0.2, 0) is 9.59 Å². The van der Waals surface area contributed by atoms with Gasteiger partial charge in [0.25, 0.3) is 5.91 Å². The third kappa shape index (κ3) is 6.10. The smallest absolute Gasteiger partial charge is 0.258 e. The van der Waals surface area contributed by atoms with Crippen molar-refractivity contribution >= 4 is 23.4 Å². The second-order valence-corrected chi connectivity index (χ2v) is 3.70. The number of alkyl halides is 1. The van der Waals surface area contributed by atoms with Gasteiger partial charge in [0.1, 0.15) is 11.6 Å². The quantitative estimate of drug-likeness (QED) is 0.561. The van der Waals surface area contributed by atoms with Gasteiger partial charge in [0, 0.05) is 13.1 Å². The average molecular weight is 271 g/mol. The molecule has 0 unspecified atom stereocenters. The van der Waals surface area contributed by atoms with E-state index >= 15 is 0 Å². The monoisotopic (exact) mass is 270 g/mol. The molecule has 0 heterocycles. The van der Waals surface area contributed by atoms with Gasteiger partial charge in [0.15, 0.2) is 6.61 Å². The Labute approximate surface area is 110 Å². The van der Waals surface area contributed by atoms with E-state index in [-0.39, 0.29) is 24.3 Å². The minimum Gasteiger partial charge on any atom is -0.484 e. The van der Waals surface area contributed by atoms with Crippen LogP contribution in [0, 0.1) is 0 Å². The van der Waals surface area contributed by atoms with Crippen molar-refractivity contribution in [1.82, 2.24) is 10.6 Å². The van der Waals surface area contributed by atoms with E-state index in [1.807, 2.05) is 18.2 Å². The van der Waals surface area contributed by atoms with E-state index in [0.29, 0.717) is 18.8 Å². The van der Waals surface area contributed by atoms with Crippen LogP contribution >= 0.6 is 11.6 Å². The molecule has 1 aromatic rings. The summed E-state index contributed by atoms with van der Waals surface area (Å²) in [5.74, 6) is 0.0685. The Morgan fingerprint density at radius 2 is 1.67 bits per heavy atom. The highest BCUT2D eigenvalue weighted by Gasteiger charge is 2.02. The fourth-order valence-electron chi connectivity index (χ4n) is 1.17. The van der Waals surface area contributed by atoms with Crippen LogP contribution in [0.25, 0.3) is 0 Å². The van der Waals surface area contributed by atoms with E-state index in [9.17, 15) is 9.59 Å². The van der Waals surface area contributed by atoms with Crippen LogP contribution in [0.4, 0.5) is 0 Å². The standard InChI is InChI=1S/C12H15ClN2O3/c13-8-11(16)14-6-7-15-12(17)9-18-10-4-2-1-3-5-10/h1-5H,6-9H2,(H,14,16)(H,15,17). The Balaban J connectivity index is 2.09. The molecular formula is C12H15ClN2O3. The molecule has 0 saturated carbocycles. The van der Waals surface area contributed by atoms with Crippen LogP contribution < -0.4 is 15.4 Å². The molecule has 0 aliphatic heterocycles. The SMILES string of the molecule is O=C(CCl)NCCNC(=O)COc1ccccc1. The molecule has 0 atom stereocenters. The lowest BCUT2D eigenvalue weighted by Gasteiger charge is -2.07. The maximum Gasteiger partial charge on any atom is 0.258 e. The van der Waals surface area contributed by atoms with Crippen LogP contribution in [0.2, 0.25) is 0 Å². The van der Waals surface area contributed by atoms with Gasteiger partial charge in [-0.05, 0) is 12.1 Å². The van der Waals surface area contributed by atoms with Crippen molar-refractivity contribution in [2.24, 2.45) is 0 Å². The summed E-state index contributed by atoms with van der Waals surface area (Å²) in [6.07, 6.45) is 0. The summed E-state index contributed by atoms with van der Waals surface area (Å²) < 4.78 is 5.25. The van der Waals surface area contributed by atoms with Gasteiger partial charge in [0.05, 0.1) is 0 Å². The molecule has 1 rings (SSSR count). The molecule has 0 aromatic heterocycles. The number of ether oxygens (including phenoxy) is 1. The first-order valence-corrected chi connectivity index (χ1v) is 6.03. The van der Waals surface area contributed by atoms with Gasteiger partial charge in [-0.2, -0.15) is 0 Å². The number of amides is 2. The highest BCUT2D eigenvalue weighted by Crippen LogP contribution is 2.07. The van der Waals surface area contributed by atoms with Crippen LogP contribution in [0.1, 0.15) is 0 Å². The topological polar surface area (TPSA) is 67.4 Å². The first-order valence-electron chi connectivity index (χ1n) is 5.49. The molecule has 0 fully saturated rings. The second-order valence-electron chi connectivity index (χ2n) is 3.44. The highest BCUT2D eigenvalue weighted by atomic mass is 35.5. The van der Waals surface area contributed by atoms with E-state index in [2.05, 4.69) is 10.6 Å². The molecule has 1 aromatic carbocycles. The summed E-state index contributed by atoms with van der Waals surface area (Å²) in [7, 11) is 0. The summed E-state index contributed by atoms with van der Waals surface area (Å²) >= 11 is 5.29. The minimum absolute atomic E-state index is 0.0481. The van der Waals surface area contributed by atoms with E-state index in [4.69, 9.17) is 16.3 Å². The number of hydrogen-bond acceptors (Lipinski definition) is 3. The van der Waals surface area contributed by atoms with Crippen molar-refractivity contribution in [1.29, 1.82) is 0 Å². The average Bonchev–Trinajstić information content (AvgIpc) is 2.42. The van der Waals surface area contributed by atoms with Crippen LogP contribution in [0.5, 0.6) is 5.75 Å². The van der Waals surface area contributed by atoms with Crippen molar-refractivity contribution in [3.05, 3.63) is 30.3 Å². The summed E-state index contributed by atoms with van der Waals surface area (Å²) in [4.78, 5) is 22.1. The summed E-state index contributed by atoms with van der Waals surface area (Å²) in [5.41, 5.74) is 0. The van der Waals surface area contributed by atoms with Gasteiger partial charge >= 0.3 is 0 Å². The molecular weight excluding hydrogens is 256 g/mol. The Bertz CT molecular complexity index is 384. The van der Waals surface area contributed by atoms with E-state index in [0.717, 1.165) is 0 Å². The summed E-state index contributed by atoms with van der Waals surface area (Å²) in [6.45, 7) is 0.649. The van der Waals surface area contributed by atoms with Crippen LogP contribution in [0.3, 0.4) is 0 Å². The molecule has 98 valence electrons. The Morgan fingerprint density at radius 1 is 1.06 bits per heavy atom. The molecule has 0 spiro atoms. The third-order valence-electron chi connectivity index (χ3n) is 2.00. The number of hydrogen-bond donors (Lipinski definition) is 2. The molecule has 2 amide bonds. The molecule has 0 saturated heterocycles. The Hall–Kier alpha value is -1.75. The molecule has 0 bridgehead atoms. The van der Waals surface area contributed by atoms with Gasteiger partial charge in [-0.3, -0.25) is 9.59 Å². The van der Waals surface area contributed by atoms with E-state index < -0.39 is 0 Å². The molecule has 5 nitrogen and oxygen atoms in total. The van der Waals surface area contributed by atoms with Gasteiger partial charge in [-0.15, -0.1) is 11.6 Å². The molecule has 2 N–H and O–H groups in total. The second kappa shape index (κ2) is 8.36. The fraction of sp³-hybridized carbons (Fsp3) is 0.333. The zero-order chi connectivity index (χ0) is 13.2. The molecule has 0 radical (unpaired) electrons. The van der Waals surface area contributed by atoms with Gasteiger partial charge in [-0.1, -0.05) is 18.2 Å². The first-order chi connectivity index (χ1) is 8.72.